The molecule has 0 saturated heterocycles. The molecule has 0 aliphatic heterocycles. The summed E-state index contributed by atoms with van der Waals surface area (Å²) in [5.74, 6) is 0.561. The number of carbonyl (C=O) groups is 1. The van der Waals surface area contributed by atoms with Gasteiger partial charge in [0.15, 0.2) is 11.7 Å². The van der Waals surface area contributed by atoms with Crippen molar-refractivity contribution in [2.75, 3.05) is 11.5 Å². The van der Waals surface area contributed by atoms with E-state index in [0.29, 0.717) is 17.4 Å². The van der Waals surface area contributed by atoms with Gasteiger partial charge in [-0.1, -0.05) is 71.5 Å². The Hall–Kier alpha value is -3.18. The molecule has 4 rings (SSSR count). The van der Waals surface area contributed by atoms with Crippen molar-refractivity contribution >= 4 is 32.6 Å². The number of carbonyl (C=O) groups excluding carboxylic acids is 1. The molecule has 0 atom stereocenters. The van der Waals surface area contributed by atoms with Crippen molar-refractivity contribution in [1.29, 1.82) is 0 Å². The summed E-state index contributed by atoms with van der Waals surface area (Å²) in [5, 5.41) is 0.683. The predicted molar refractivity (Wildman–Crippen MR) is 114 cm³/mol. The number of thiazole rings is 1. The molecule has 28 heavy (non-hydrogen) atoms. The Morgan fingerprint density at radius 1 is 0.964 bits per heavy atom. The van der Waals surface area contributed by atoms with E-state index < -0.39 is 0 Å². The number of aryl methyl sites for hydroxylation is 1. The summed E-state index contributed by atoms with van der Waals surface area (Å²) in [5.41, 5.74) is 3.09. The van der Waals surface area contributed by atoms with Crippen LogP contribution >= 0.6 is 11.3 Å². The Morgan fingerprint density at radius 3 is 2.43 bits per heavy atom. The van der Waals surface area contributed by atoms with Crippen LogP contribution in [0.3, 0.4) is 0 Å². The fraction of sp³-hybridized carbons (Fsp3) is 0.130. The van der Waals surface area contributed by atoms with Gasteiger partial charge in [-0.05, 0) is 36.8 Å². The van der Waals surface area contributed by atoms with Gasteiger partial charge in [-0.3, -0.25) is 9.69 Å². The largest absolute Gasteiger partial charge is 0.484 e. The molecule has 3 aromatic carbocycles. The maximum Gasteiger partial charge on any atom is 0.267 e. The van der Waals surface area contributed by atoms with Gasteiger partial charge in [0.2, 0.25) is 0 Å². The molecule has 0 fully saturated rings. The van der Waals surface area contributed by atoms with E-state index >= 15 is 0 Å². The minimum absolute atomic E-state index is 0.0359. The van der Waals surface area contributed by atoms with E-state index in [1.807, 2.05) is 85.8 Å². The lowest BCUT2D eigenvalue weighted by molar-refractivity contribution is -0.120. The summed E-state index contributed by atoms with van der Waals surface area (Å²) in [6.45, 7) is 2.44. The summed E-state index contributed by atoms with van der Waals surface area (Å²) in [4.78, 5) is 19.4. The highest BCUT2D eigenvalue weighted by atomic mass is 32.1. The van der Waals surface area contributed by atoms with Crippen LogP contribution in [0.4, 0.5) is 5.13 Å². The minimum Gasteiger partial charge on any atom is -0.484 e. The molecule has 1 aromatic heterocycles. The van der Waals surface area contributed by atoms with Crippen molar-refractivity contribution in [2.45, 2.75) is 13.5 Å². The van der Waals surface area contributed by atoms with E-state index in [-0.39, 0.29) is 12.5 Å². The number of amides is 1. The first-order valence-corrected chi connectivity index (χ1v) is 9.90. The smallest absolute Gasteiger partial charge is 0.267 e. The number of fused-ring (bicyclic) bond motifs is 1. The summed E-state index contributed by atoms with van der Waals surface area (Å²) in [6.07, 6.45) is 0. The van der Waals surface area contributed by atoms with Gasteiger partial charge in [0.05, 0.1) is 16.8 Å². The summed E-state index contributed by atoms with van der Waals surface area (Å²) >= 11 is 1.52. The topological polar surface area (TPSA) is 42.4 Å². The number of nitrogens with zero attached hydrogens (tertiary/aromatic N) is 2. The molecule has 0 aliphatic rings. The maximum atomic E-state index is 13.0. The van der Waals surface area contributed by atoms with Gasteiger partial charge in [-0.15, -0.1) is 0 Å². The van der Waals surface area contributed by atoms with Gasteiger partial charge < -0.3 is 4.74 Å². The van der Waals surface area contributed by atoms with Gasteiger partial charge in [0.25, 0.3) is 5.91 Å². The van der Waals surface area contributed by atoms with Crippen LogP contribution in [0.2, 0.25) is 0 Å². The van der Waals surface area contributed by atoms with Crippen molar-refractivity contribution in [3.05, 3.63) is 90.0 Å². The highest BCUT2D eigenvalue weighted by Crippen LogP contribution is 2.29. The molecule has 0 spiro atoms. The van der Waals surface area contributed by atoms with Crippen molar-refractivity contribution < 1.29 is 9.53 Å². The zero-order valence-electron chi connectivity index (χ0n) is 15.5. The van der Waals surface area contributed by atoms with Crippen LogP contribution in [-0.2, 0) is 11.3 Å². The third kappa shape index (κ3) is 4.21. The van der Waals surface area contributed by atoms with Crippen LogP contribution in [0.5, 0.6) is 5.75 Å². The number of para-hydroxylation sites is 1. The van der Waals surface area contributed by atoms with Crippen molar-refractivity contribution in [3.63, 3.8) is 0 Å². The summed E-state index contributed by atoms with van der Waals surface area (Å²) in [7, 11) is 0. The van der Waals surface area contributed by atoms with Gasteiger partial charge >= 0.3 is 0 Å². The normalized spacial score (nSPS) is 10.8. The third-order valence-corrected chi connectivity index (χ3v) is 5.44. The second-order valence-corrected chi connectivity index (χ2v) is 7.54. The Bertz CT molecular complexity index is 1040. The molecule has 0 N–H and O–H groups in total. The zero-order chi connectivity index (χ0) is 19.3. The predicted octanol–water partition coefficient (Wildman–Crippen LogP) is 5.22. The summed E-state index contributed by atoms with van der Waals surface area (Å²) in [6, 6.07) is 25.5. The Balaban J connectivity index is 1.58. The van der Waals surface area contributed by atoms with Crippen molar-refractivity contribution in [3.8, 4) is 5.75 Å². The van der Waals surface area contributed by atoms with E-state index in [9.17, 15) is 4.79 Å². The molecule has 4 nitrogen and oxygen atoms in total. The van der Waals surface area contributed by atoms with E-state index in [2.05, 4.69) is 4.98 Å². The average molecular weight is 388 g/mol. The first-order valence-electron chi connectivity index (χ1n) is 9.08. The van der Waals surface area contributed by atoms with Gasteiger partial charge in [0.1, 0.15) is 5.75 Å². The number of hydrogen-bond donors (Lipinski definition) is 0. The fourth-order valence-electron chi connectivity index (χ4n) is 2.86. The molecule has 0 radical (unpaired) electrons. The van der Waals surface area contributed by atoms with E-state index in [4.69, 9.17) is 4.74 Å². The molecule has 0 saturated carbocycles. The van der Waals surface area contributed by atoms with E-state index in [1.54, 1.807) is 4.90 Å². The standard InChI is InChI=1S/C23H20N2O2S/c1-17-11-13-19(14-12-17)27-16-22(26)25(15-18-7-3-2-4-8-18)23-24-20-9-5-6-10-21(20)28-23/h2-14H,15-16H2,1H3. The molecule has 140 valence electrons. The number of anilines is 1. The lowest BCUT2D eigenvalue weighted by Crippen LogP contribution is -2.34. The van der Waals surface area contributed by atoms with Crippen molar-refractivity contribution in [1.82, 2.24) is 4.98 Å². The molecular weight excluding hydrogens is 368 g/mol. The van der Waals surface area contributed by atoms with Crippen LogP contribution in [0.15, 0.2) is 78.9 Å². The summed E-state index contributed by atoms with van der Waals surface area (Å²) < 4.78 is 6.78. The lowest BCUT2D eigenvalue weighted by Gasteiger charge is -2.20. The molecule has 0 unspecified atom stereocenters. The van der Waals surface area contributed by atoms with Crippen molar-refractivity contribution in [2.24, 2.45) is 0 Å². The van der Waals surface area contributed by atoms with Gasteiger partial charge in [0, 0.05) is 0 Å². The van der Waals surface area contributed by atoms with Gasteiger partial charge in [-0.25, -0.2) is 4.98 Å². The van der Waals surface area contributed by atoms with Crippen LogP contribution < -0.4 is 9.64 Å². The third-order valence-electron chi connectivity index (χ3n) is 4.38. The van der Waals surface area contributed by atoms with Gasteiger partial charge in [-0.2, -0.15) is 0 Å². The maximum absolute atomic E-state index is 13.0. The molecule has 1 heterocycles. The fourth-order valence-corrected chi connectivity index (χ4v) is 3.84. The van der Waals surface area contributed by atoms with Crippen LogP contribution in [0.1, 0.15) is 11.1 Å². The molecule has 0 bridgehead atoms. The Morgan fingerprint density at radius 2 is 1.68 bits per heavy atom. The SMILES string of the molecule is Cc1ccc(OCC(=O)N(Cc2ccccc2)c2nc3ccccc3s2)cc1. The number of aromatic nitrogens is 1. The van der Waals surface area contributed by atoms with Crippen LogP contribution in [-0.4, -0.2) is 17.5 Å². The number of hydrogen-bond acceptors (Lipinski definition) is 4. The molecule has 0 aliphatic carbocycles. The zero-order valence-corrected chi connectivity index (χ0v) is 16.4. The van der Waals surface area contributed by atoms with E-state index in [0.717, 1.165) is 21.3 Å². The highest BCUT2D eigenvalue weighted by Gasteiger charge is 2.20. The first kappa shape index (κ1) is 18.2. The Kier molecular flexibility index (Phi) is 5.35. The monoisotopic (exact) mass is 388 g/mol. The highest BCUT2D eigenvalue weighted by molar-refractivity contribution is 7.22. The minimum atomic E-state index is -0.122. The van der Waals surface area contributed by atoms with Crippen LogP contribution in [0.25, 0.3) is 10.2 Å². The lowest BCUT2D eigenvalue weighted by atomic mass is 10.2. The second-order valence-electron chi connectivity index (χ2n) is 6.53. The second kappa shape index (κ2) is 8.23. The molecule has 4 aromatic rings. The average Bonchev–Trinajstić information content (AvgIpc) is 3.16. The first-order chi connectivity index (χ1) is 13.7. The molecular formula is C23H20N2O2S. The van der Waals surface area contributed by atoms with E-state index in [1.165, 1.54) is 11.3 Å². The number of ether oxygens (including phenoxy) is 1. The number of benzene rings is 3. The number of rotatable bonds is 6. The molecule has 1 amide bonds. The van der Waals surface area contributed by atoms with Crippen LogP contribution in [0, 0.1) is 6.92 Å². The Labute approximate surface area is 168 Å². The quantitative estimate of drug-likeness (QED) is 0.455. The molecule has 5 heteroatoms.